The first kappa shape index (κ1) is 13.2. The lowest BCUT2D eigenvalue weighted by atomic mass is 10.1. The number of alkyl halides is 1. The predicted molar refractivity (Wildman–Crippen MR) is 66.4 cm³/mol. The zero-order valence-corrected chi connectivity index (χ0v) is 9.98. The Kier molecular flexibility index (Phi) is 4.71. The van der Waals surface area contributed by atoms with Gasteiger partial charge >= 0.3 is 0 Å². The lowest BCUT2D eigenvalue weighted by molar-refractivity contribution is -0.383. The van der Waals surface area contributed by atoms with Gasteiger partial charge in [-0.1, -0.05) is 0 Å². The van der Waals surface area contributed by atoms with E-state index in [-0.39, 0.29) is 23.3 Å². The van der Waals surface area contributed by atoms with E-state index in [1.807, 2.05) is 0 Å². The zero-order valence-electron chi connectivity index (χ0n) is 9.22. The lowest BCUT2D eigenvalue weighted by Crippen LogP contribution is -2.08. The van der Waals surface area contributed by atoms with Crippen LogP contribution in [-0.2, 0) is 4.74 Å². The fraction of sp³-hybridized carbons (Fsp3) is 0.300. The molecule has 1 aromatic carbocycles. The van der Waals surface area contributed by atoms with Gasteiger partial charge in [0.25, 0.3) is 5.69 Å². The summed E-state index contributed by atoms with van der Waals surface area (Å²) in [5.74, 6) is 0.269. The van der Waals surface area contributed by atoms with Crippen LogP contribution in [0.2, 0.25) is 0 Å². The van der Waals surface area contributed by atoms with Crippen molar-refractivity contribution in [1.29, 1.82) is 0 Å². The first-order valence-electron chi connectivity index (χ1n) is 4.87. The molecule has 0 atom stereocenters. The maximum Gasteiger partial charge on any atom is 0.292 e. The molecule has 0 aliphatic carbocycles. The Balaban J connectivity index is 3.17. The quantitative estimate of drug-likeness (QED) is 0.170. The molecular weight excluding hydrogens is 246 g/mol. The number of nitro benzene ring substituents is 1. The van der Waals surface area contributed by atoms with Gasteiger partial charge in [-0.05, 0) is 19.1 Å². The Hall–Kier alpha value is -1.82. The van der Waals surface area contributed by atoms with Crippen molar-refractivity contribution in [3.8, 4) is 0 Å². The number of nitrogens with two attached hydrogens (primary N) is 1. The smallest absolute Gasteiger partial charge is 0.292 e. The normalized spacial score (nSPS) is 11.3. The van der Waals surface area contributed by atoms with Crippen molar-refractivity contribution in [1.82, 2.24) is 0 Å². The van der Waals surface area contributed by atoms with Crippen molar-refractivity contribution in [3.05, 3.63) is 33.9 Å². The number of hydrogen-bond acceptors (Lipinski definition) is 5. The number of ether oxygens (including phenoxy) is 1. The highest BCUT2D eigenvalue weighted by atomic mass is 35.5. The van der Waals surface area contributed by atoms with Gasteiger partial charge in [-0.3, -0.25) is 10.1 Å². The van der Waals surface area contributed by atoms with Crippen molar-refractivity contribution in [2.45, 2.75) is 6.92 Å². The number of hydrogen-bond donors (Lipinski definition) is 1. The minimum absolute atomic E-state index is 0.0213. The summed E-state index contributed by atoms with van der Waals surface area (Å²) in [4.78, 5) is 14.1. The molecule has 0 bridgehead atoms. The fourth-order valence-corrected chi connectivity index (χ4v) is 1.35. The molecule has 0 fully saturated rings. The Morgan fingerprint density at radius 2 is 2.35 bits per heavy atom. The molecular formula is C10H12ClN3O3. The Bertz CT molecular complexity index is 448. The van der Waals surface area contributed by atoms with Gasteiger partial charge in [0.05, 0.1) is 11.5 Å². The Labute approximate surface area is 103 Å². The summed E-state index contributed by atoms with van der Waals surface area (Å²) in [6.45, 7) is 2.18. The molecule has 17 heavy (non-hydrogen) atoms. The molecule has 0 heterocycles. The minimum atomic E-state index is -0.552. The second-order valence-corrected chi connectivity index (χ2v) is 3.29. The average molecular weight is 258 g/mol. The third-order valence-electron chi connectivity index (χ3n) is 1.96. The molecule has 92 valence electrons. The van der Waals surface area contributed by atoms with E-state index in [1.165, 1.54) is 12.1 Å². The maximum atomic E-state index is 10.7. The second-order valence-electron chi connectivity index (χ2n) is 3.05. The summed E-state index contributed by atoms with van der Waals surface area (Å²) < 4.78 is 5.25. The molecule has 0 aromatic heterocycles. The van der Waals surface area contributed by atoms with Gasteiger partial charge in [-0.25, -0.2) is 4.99 Å². The molecule has 1 aromatic rings. The van der Waals surface area contributed by atoms with E-state index in [0.29, 0.717) is 12.2 Å². The second kappa shape index (κ2) is 6.05. The van der Waals surface area contributed by atoms with E-state index < -0.39 is 4.92 Å². The third-order valence-corrected chi connectivity index (χ3v) is 2.08. The third kappa shape index (κ3) is 3.32. The number of nitrogen functional groups attached to an aromatic ring is 1. The van der Waals surface area contributed by atoms with E-state index in [0.717, 1.165) is 0 Å². The summed E-state index contributed by atoms with van der Waals surface area (Å²) in [6.07, 6.45) is 0. The van der Waals surface area contributed by atoms with Gasteiger partial charge < -0.3 is 10.5 Å². The number of nitrogens with zero attached hydrogens (tertiary/aromatic N) is 2. The number of nitro groups is 1. The number of halogens is 1. The van der Waals surface area contributed by atoms with Crippen LogP contribution in [0.4, 0.5) is 11.4 Å². The van der Waals surface area contributed by atoms with E-state index in [4.69, 9.17) is 22.1 Å². The van der Waals surface area contributed by atoms with Gasteiger partial charge in [-0.15, -0.1) is 11.6 Å². The minimum Gasteiger partial charge on any atom is -0.478 e. The van der Waals surface area contributed by atoms with E-state index in [1.54, 1.807) is 13.0 Å². The molecule has 2 N–H and O–H groups in total. The molecule has 6 nitrogen and oxygen atoms in total. The Morgan fingerprint density at radius 3 is 2.88 bits per heavy atom. The van der Waals surface area contributed by atoms with Crippen LogP contribution >= 0.6 is 11.6 Å². The van der Waals surface area contributed by atoms with Gasteiger partial charge in [0, 0.05) is 11.6 Å². The van der Waals surface area contributed by atoms with E-state index in [9.17, 15) is 10.1 Å². The van der Waals surface area contributed by atoms with Crippen LogP contribution in [0, 0.1) is 10.1 Å². The molecule has 7 heteroatoms. The average Bonchev–Trinajstić information content (AvgIpc) is 2.29. The molecule has 0 radical (unpaired) electrons. The highest BCUT2D eigenvalue weighted by Crippen LogP contribution is 2.22. The summed E-state index contributed by atoms with van der Waals surface area (Å²) in [5, 5.41) is 10.7. The molecule has 0 saturated carbocycles. The van der Waals surface area contributed by atoms with E-state index in [2.05, 4.69) is 4.99 Å². The summed E-state index contributed by atoms with van der Waals surface area (Å²) in [5.41, 5.74) is 5.89. The van der Waals surface area contributed by atoms with Crippen LogP contribution in [0.3, 0.4) is 0 Å². The van der Waals surface area contributed by atoms with Gasteiger partial charge in [0.1, 0.15) is 11.7 Å². The monoisotopic (exact) mass is 257 g/mol. The first-order chi connectivity index (χ1) is 8.10. The van der Waals surface area contributed by atoms with Crippen molar-refractivity contribution in [2.24, 2.45) is 4.99 Å². The van der Waals surface area contributed by atoms with Crippen LogP contribution in [0.15, 0.2) is 23.2 Å². The predicted octanol–water partition coefficient (Wildman–Crippen LogP) is 2.16. The van der Waals surface area contributed by atoms with Gasteiger partial charge in [0.15, 0.2) is 0 Å². The standard InChI is InChI=1S/C10H12ClN3O3/c1-2-17-10(13-6-11)7-3-4-8(12)9(5-7)14(15)16/h3-5H,2,6,12H2,1H3. The van der Waals surface area contributed by atoms with Crippen molar-refractivity contribution in [3.63, 3.8) is 0 Å². The summed E-state index contributed by atoms with van der Waals surface area (Å²) in [7, 11) is 0. The number of aliphatic imine (C=N–C) groups is 1. The number of rotatable bonds is 4. The van der Waals surface area contributed by atoms with Crippen molar-refractivity contribution in [2.75, 3.05) is 18.3 Å². The largest absolute Gasteiger partial charge is 0.478 e. The zero-order chi connectivity index (χ0) is 12.8. The molecule has 0 aliphatic rings. The lowest BCUT2D eigenvalue weighted by Gasteiger charge is -2.07. The van der Waals surface area contributed by atoms with Gasteiger partial charge in [-0.2, -0.15) is 0 Å². The summed E-state index contributed by atoms with van der Waals surface area (Å²) in [6, 6.07) is 4.38. The topological polar surface area (TPSA) is 90.8 Å². The van der Waals surface area contributed by atoms with Crippen LogP contribution in [0.5, 0.6) is 0 Å². The van der Waals surface area contributed by atoms with E-state index >= 15 is 0 Å². The number of benzene rings is 1. The highest BCUT2D eigenvalue weighted by molar-refractivity contribution is 6.18. The molecule has 0 amide bonds. The summed E-state index contributed by atoms with van der Waals surface area (Å²) >= 11 is 5.49. The highest BCUT2D eigenvalue weighted by Gasteiger charge is 2.15. The SMILES string of the molecule is CCOC(=NCCl)c1ccc(N)c([N+](=O)[O-])c1. The maximum absolute atomic E-state index is 10.7. The first-order valence-corrected chi connectivity index (χ1v) is 5.41. The number of anilines is 1. The molecule has 0 spiro atoms. The molecule has 1 rings (SSSR count). The molecule has 0 saturated heterocycles. The van der Waals surface area contributed by atoms with Gasteiger partial charge in [0.2, 0.25) is 5.90 Å². The van der Waals surface area contributed by atoms with Crippen molar-refractivity contribution < 1.29 is 9.66 Å². The molecule has 0 aliphatic heterocycles. The Morgan fingerprint density at radius 1 is 1.65 bits per heavy atom. The van der Waals surface area contributed by atoms with Crippen LogP contribution in [0.1, 0.15) is 12.5 Å². The van der Waals surface area contributed by atoms with Crippen LogP contribution in [-0.4, -0.2) is 23.4 Å². The van der Waals surface area contributed by atoms with Crippen molar-refractivity contribution >= 4 is 28.9 Å². The van der Waals surface area contributed by atoms with Crippen LogP contribution < -0.4 is 5.73 Å². The molecule has 0 unspecified atom stereocenters. The van der Waals surface area contributed by atoms with Crippen LogP contribution in [0.25, 0.3) is 0 Å². The fourth-order valence-electron chi connectivity index (χ4n) is 1.25.